The van der Waals surface area contributed by atoms with Gasteiger partial charge in [0.1, 0.15) is 5.75 Å². The van der Waals surface area contributed by atoms with Crippen LogP contribution in [0, 0.1) is 0 Å². The highest BCUT2D eigenvalue weighted by molar-refractivity contribution is 5.84. The van der Waals surface area contributed by atoms with Crippen LogP contribution < -0.4 is 4.74 Å². The number of ether oxygens (including phenoxy) is 1. The Bertz CT molecular complexity index is 954. The SMILES string of the molecule is COc1ccc(-c2cn(-c3ccccc3)cc2-c2ccccc2)cc1. The zero-order valence-corrected chi connectivity index (χ0v) is 14.1. The van der Waals surface area contributed by atoms with Gasteiger partial charge in [-0.3, -0.25) is 0 Å². The monoisotopic (exact) mass is 325 g/mol. The van der Waals surface area contributed by atoms with E-state index in [1.165, 1.54) is 22.3 Å². The number of methoxy groups -OCH3 is 1. The van der Waals surface area contributed by atoms with Crippen molar-refractivity contribution in [1.29, 1.82) is 0 Å². The Labute approximate surface area is 148 Å². The van der Waals surface area contributed by atoms with Gasteiger partial charge in [-0.25, -0.2) is 0 Å². The first-order valence-electron chi connectivity index (χ1n) is 8.32. The van der Waals surface area contributed by atoms with Gasteiger partial charge in [0.2, 0.25) is 0 Å². The van der Waals surface area contributed by atoms with Crippen molar-refractivity contribution in [1.82, 2.24) is 4.57 Å². The molecule has 0 aliphatic heterocycles. The van der Waals surface area contributed by atoms with Crippen molar-refractivity contribution in [2.24, 2.45) is 0 Å². The lowest BCUT2D eigenvalue weighted by atomic mass is 9.99. The molecule has 0 saturated heterocycles. The Hall–Kier alpha value is -3.26. The lowest BCUT2D eigenvalue weighted by molar-refractivity contribution is 0.415. The van der Waals surface area contributed by atoms with Gasteiger partial charge in [0.15, 0.2) is 0 Å². The molecule has 0 atom stereocenters. The first-order chi connectivity index (χ1) is 12.3. The molecule has 4 rings (SSSR count). The largest absolute Gasteiger partial charge is 0.497 e. The molecular weight excluding hydrogens is 306 g/mol. The quantitative estimate of drug-likeness (QED) is 0.461. The summed E-state index contributed by atoms with van der Waals surface area (Å²) in [6, 6.07) is 29.1. The molecule has 1 aromatic heterocycles. The molecule has 0 unspecified atom stereocenters. The summed E-state index contributed by atoms with van der Waals surface area (Å²) in [6.07, 6.45) is 4.39. The van der Waals surface area contributed by atoms with Gasteiger partial charge in [0, 0.05) is 29.2 Å². The maximum Gasteiger partial charge on any atom is 0.118 e. The third-order valence-corrected chi connectivity index (χ3v) is 4.37. The van der Waals surface area contributed by atoms with E-state index in [9.17, 15) is 0 Å². The Morgan fingerprint density at radius 1 is 0.600 bits per heavy atom. The maximum absolute atomic E-state index is 5.29. The fraction of sp³-hybridized carbons (Fsp3) is 0.0435. The van der Waals surface area contributed by atoms with Crippen molar-refractivity contribution in [2.75, 3.05) is 7.11 Å². The predicted molar refractivity (Wildman–Crippen MR) is 103 cm³/mol. The lowest BCUT2D eigenvalue weighted by Gasteiger charge is -2.05. The van der Waals surface area contributed by atoms with Gasteiger partial charge in [-0.15, -0.1) is 0 Å². The van der Waals surface area contributed by atoms with Crippen LogP contribution in [0.25, 0.3) is 27.9 Å². The van der Waals surface area contributed by atoms with E-state index in [1.807, 2.05) is 24.3 Å². The van der Waals surface area contributed by atoms with E-state index in [0.717, 1.165) is 11.4 Å². The van der Waals surface area contributed by atoms with E-state index in [1.54, 1.807) is 7.11 Å². The van der Waals surface area contributed by atoms with E-state index in [-0.39, 0.29) is 0 Å². The number of nitrogens with zero attached hydrogens (tertiary/aromatic N) is 1. The van der Waals surface area contributed by atoms with Crippen molar-refractivity contribution >= 4 is 0 Å². The third kappa shape index (κ3) is 3.07. The highest BCUT2D eigenvalue weighted by atomic mass is 16.5. The van der Waals surface area contributed by atoms with Crippen LogP contribution in [0.5, 0.6) is 5.75 Å². The second-order valence-corrected chi connectivity index (χ2v) is 5.92. The van der Waals surface area contributed by atoms with Crippen molar-refractivity contribution in [3.05, 3.63) is 97.3 Å². The van der Waals surface area contributed by atoms with Crippen molar-refractivity contribution in [2.45, 2.75) is 0 Å². The van der Waals surface area contributed by atoms with E-state index in [2.05, 4.69) is 77.6 Å². The molecule has 2 heteroatoms. The van der Waals surface area contributed by atoms with Crippen LogP contribution >= 0.6 is 0 Å². The molecule has 2 nitrogen and oxygen atoms in total. The molecule has 0 amide bonds. The standard InChI is InChI=1S/C23H19NO/c1-25-21-14-12-19(13-15-21)23-17-24(20-10-6-3-7-11-20)16-22(23)18-8-4-2-5-9-18/h2-17H,1H3. The van der Waals surface area contributed by atoms with Gasteiger partial charge in [0.25, 0.3) is 0 Å². The second-order valence-electron chi connectivity index (χ2n) is 5.92. The van der Waals surface area contributed by atoms with Crippen LogP contribution in [0.2, 0.25) is 0 Å². The maximum atomic E-state index is 5.29. The molecule has 25 heavy (non-hydrogen) atoms. The van der Waals surface area contributed by atoms with Crippen LogP contribution in [0.15, 0.2) is 97.3 Å². The van der Waals surface area contributed by atoms with Gasteiger partial charge >= 0.3 is 0 Å². The van der Waals surface area contributed by atoms with E-state index < -0.39 is 0 Å². The van der Waals surface area contributed by atoms with Gasteiger partial charge in [-0.1, -0.05) is 60.7 Å². The van der Waals surface area contributed by atoms with Gasteiger partial charge in [-0.2, -0.15) is 0 Å². The van der Waals surface area contributed by atoms with E-state index in [0.29, 0.717) is 0 Å². The number of hydrogen-bond donors (Lipinski definition) is 0. The van der Waals surface area contributed by atoms with Crippen molar-refractivity contribution in [3.8, 4) is 33.7 Å². The Balaban J connectivity index is 1.87. The molecule has 0 bridgehead atoms. The van der Waals surface area contributed by atoms with Crippen LogP contribution in [-0.2, 0) is 0 Å². The summed E-state index contributed by atoms with van der Waals surface area (Å²) in [6.45, 7) is 0. The van der Waals surface area contributed by atoms with Gasteiger partial charge in [0.05, 0.1) is 7.11 Å². The smallest absolute Gasteiger partial charge is 0.118 e. The summed E-state index contributed by atoms with van der Waals surface area (Å²) < 4.78 is 7.47. The fourth-order valence-electron chi connectivity index (χ4n) is 3.05. The summed E-state index contributed by atoms with van der Waals surface area (Å²) in [5.41, 5.74) is 5.96. The molecule has 0 saturated carbocycles. The molecule has 0 N–H and O–H groups in total. The Kier molecular flexibility index (Phi) is 4.09. The second kappa shape index (κ2) is 6.70. The summed E-state index contributed by atoms with van der Waals surface area (Å²) in [4.78, 5) is 0. The third-order valence-electron chi connectivity index (χ3n) is 4.37. The summed E-state index contributed by atoms with van der Waals surface area (Å²) in [5.74, 6) is 0.868. The van der Waals surface area contributed by atoms with E-state index in [4.69, 9.17) is 4.74 Å². The molecule has 4 aromatic rings. The molecule has 1 heterocycles. The van der Waals surface area contributed by atoms with Crippen LogP contribution in [0.4, 0.5) is 0 Å². The minimum absolute atomic E-state index is 0.868. The summed E-state index contributed by atoms with van der Waals surface area (Å²) >= 11 is 0. The normalized spacial score (nSPS) is 10.6. The Morgan fingerprint density at radius 2 is 1.12 bits per heavy atom. The molecule has 122 valence electrons. The molecule has 0 aliphatic rings. The van der Waals surface area contributed by atoms with Crippen LogP contribution in [0.3, 0.4) is 0 Å². The van der Waals surface area contributed by atoms with Crippen molar-refractivity contribution in [3.63, 3.8) is 0 Å². The average Bonchev–Trinajstić information content (AvgIpc) is 3.15. The van der Waals surface area contributed by atoms with Crippen LogP contribution in [0.1, 0.15) is 0 Å². The fourth-order valence-corrected chi connectivity index (χ4v) is 3.05. The summed E-state index contributed by atoms with van der Waals surface area (Å²) in [5, 5.41) is 0. The van der Waals surface area contributed by atoms with Gasteiger partial charge in [-0.05, 0) is 35.4 Å². The predicted octanol–water partition coefficient (Wildman–Crippen LogP) is 5.82. The summed E-state index contributed by atoms with van der Waals surface area (Å²) in [7, 11) is 1.69. The molecule has 3 aromatic carbocycles. The lowest BCUT2D eigenvalue weighted by Crippen LogP contribution is -1.87. The Morgan fingerprint density at radius 3 is 1.68 bits per heavy atom. The van der Waals surface area contributed by atoms with E-state index >= 15 is 0 Å². The zero-order valence-electron chi connectivity index (χ0n) is 14.1. The minimum atomic E-state index is 0.868. The molecule has 0 fully saturated rings. The zero-order chi connectivity index (χ0) is 17.1. The number of hydrogen-bond acceptors (Lipinski definition) is 1. The number of aromatic nitrogens is 1. The topological polar surface area (TPSA) is 14.2 Å². The number of para-hydroxylation sites is 1. The molecule has 0 radical (unpaired) electrons. The molecule has 0 spiro atoms. The van der Waals surface area contributed by atoms with Crippen LogP contribution in [-0.4, -0.2) is 11.7 Å². The first-order valence-corrected chi connectivity index (χ1v) is 8.32. The highest BCUT2D eigenvalue weighted by Gasteiger charge is 2.12. The average molecular weight is 325 g/mol. The molecule has 0 aliphatic carbocycles. The van der Waals surface area contributed by atoms with Crippen molar-refractivity contribution < 1.29 is 4.74 Å². The highest BCUT2D eigenvalue weighted by Crippen LogP contribution is 2.35. The first kappa shape index (κ1) is 15.3. The van der Waals surface area contributed by atoms with Gasteiger partial charge < -0.3 is 9.30 Å². The minimum Gasteiger partial charge on any atom is -0.497 e. The number of rotatable bonds is 4. The molecular formula is C23H19NO. The number of benzene rings is 3.